The Balaban J connectivity index is 1.85. The SMILES string of the molecule is CN1CCOc2ccccc2-c2cnc(N)c(n2)C(=O)Nc2cnccc21. The van der Waals surface area contributed by atoms with Crippen molar-refractivity contribution in [3.8, 4) is 17.0 Å². The maximum atomic E-state index is 12.8. The highest BCUT2D eigenvalue weighted by atomic mass is 16.5. The molecule has 4 rings (SSSR count). The molecule has 2 bridgehead atoms. The monoisotopic (exact) mass is 362 g/mol. The number of amides is 1. The number of nitrogens with two attached hydrogens (primary N) is 1. The Hall–Kier alpha value is -3.68. The van der Waals surface area contributed by atoms with Crippen LogP contribution in [0.15, 0.2) is 48.9 Å². The van der Waals surface area contributed by atoms with Gasteiger partial charge in [-0.1, -0.05) is 12.1 Å². The lowest BCUT2D eigenvalue weighted by atomic mass is 10.1. The number of fused-ring (bicyclic) bond motifs is 5. The van der Waals surface area contributed by atoms with Crippen molar-refractivity contribution in [2.75, 3.05) is 36.1 Å². The van der Waals surface area contributed by atoms with Gasteiger partial charge in [0.25, 0.3) is 5.91 Å². The van der Waals surface area contributed by atoms with Crippen LogP contribution in [0, 0.1) is 0 Å². The standard InChI is InChI=1S/C19H18N6O2/c1-25-8-9-27-16-5-3-2-4-12(16)13-11-22-18(20)17(23-13)19(26)24-14-10-21-7-6-15(14)25/h2-7,10-11H,8-9H2,1H3,(H2,20,22)(H,24,26). The van der Waals surface area contributed by atoms with Gasteiger partial charge in [-0.2, -0.15) is 0 Å². The average molecular weight is 362 g/mol. The summed E-state index contributed by atoms with van der Waals surface area (Å²) in [7, 11) is 1.92. The van der Waals surface area contributed by atoms with Gasteiger partial charge in [-0.05, 0) is 18.2 Å². The molecule has 0 saturated carbocycles. The maximum absolute atomic E-state index is 12.8. The van der Waals surface area contributed by atoms with Crippen molar-refractivity contribution in [3.05, 3.63) is 54.6 Å². The van der Waals surface area contributed by atoms with E-state index in [0.717, 1.165) is 11.3 Å². The van der Waals surface area contributed by atoms with Crippen molar-refractivity contribution in [3.63, 3.8) is 0 Å². The Morgan fingerprint density at radius 3 is 2.96 bits per heavy atom. The summed E-state index contributed by atoms with van der Waals surface area (Å²) in [6.07, 6.45) is 4.80. The van der Waals surface area contributed by atoms with Crippen LogP contribution in [0.1, 0.15) is 10.5 Å². The van der Waals surface area contributed by atoms with Gasteiger partial charge >= 0.3 is 0 Å². The molecule has 2 aromatic heterocycles. The fraction of sp³-hybridized carbons (Fsp3) is 0.158. The number of nitrogen functional groups attached to an aromatic ring is 1. The van der Waals surface area contributed by atoms with E-state index < -0.39 is 5.91 Å². The van der Waals surface area contributed by atoms with Gasteiger partial charge in [0.05, 0.1) is 36.0 Å². The van der Waals surface area contributed by atoms with E-state index in [0.29, 0.717) is 30.3 Å². The largest absolute Gasteiger partial charge is 0.491 e. The van der Waals surface area contributed by atoms with Crippen LogP contribution in [0.25, 0.3) is 11.3 Å². The number of hydrogen-bond donors (Lipinski definition) is 2. The minimum atomic E-state index is -0.442. The van der Waals surface area contributed by atoms with Crippen molar-refractivity contribution in [2.24, 2.45) is 0 Å². The fourth-order valence-corrected chi connectivity index (χ4v) is 2.91. The molecule has 3 heterocycles. The first-order valence-electron chi connectivity index (χ1n) is 8.44. The van der Waals surface area contributed by atoms with Crippen molar-refractivity contribution < 1.29 is 9.53 Å². The third-order valence-corrected chi connectivity index (χ3v) is 4.32. The molecule has 1 amide bonds. The second-order valence-corrected chi connectivity index (χ2v) is 6.10. The third kappa shape index (κ3) is 3.24. The Labute approximate surface area is 156 Å². The summed E-state index contributed by atoms with van der Waals surface area (Å²) in [5.74, 6) is 0.288. The van der Waals surface area contributed by atoms with Crippen LogP contribution in [-0.2, 0) is 0 Å². The maximum Gasteiger partial charge on any atom is 0.278 e. The van der Waals surface area contributed by atoms with Crippen LogP contribution >= 0.6 is 0 Å². The zero-order chi connectivity index (χ0) is 18.8. The van der Waals surface area contributed by atoms with Crippen LogP contribution in [0.3, 0.4) is 0 Å². The summed E-state index contributed by atoms with van der Waals surface area (Å²) in [5, 5.41) is 2.84. The number of likely N-dealkylation sites (N-methyl/N-ethyl adjacent to an activating group) is 1. The van der Waals surface area contributed by atoms with Gasteiger partial charge in [-0.15, -0.1) is 0 Å². The number of carbonyl (C=O) groups is 1. The number of nitrogens with zero attached hydrogens (tertiary/aromatic N) is 4. The fourth-order valence-electron chi connectivity index (χ4n) is 2.91. The Morgan fingerprint density at radius 1 is 1.22 bits per heavy atom. The van der Waals surface area contributed by atoms with Crippen LogP contribution < -0.4 is 20.7 Å². The van der Waals surface area contributed by atoms with Crippen molar-refractivity contribution >= 4 is 23.1 Å². The topological polar surface area (TPSA) is 106 Å². The number of ether oxygens (including phenoxy) is 1. The van der Waals surface area contributed by atoms with Gasteiger partial charge in [-0.25, -0.2) is 9.97 Å². The van der Waals surface area contributed by atoms with E-state index in [2.05, 4.69) is 20.3 Å². The van der Waals surface area contributed by atoms with Gasteiger partial charge in [0.15, 0.2) is 11.5 Å². The first kappa shape index (κ1) is 16.8. The zero-order valence-corrected chi connectivity index (χ0v) is 14.7. The van der Waals surface area contributed by atoms with Gasteiger partial charge < -0.3 is 20.7 Å². The lowest BCUT2D eigenvalue weighted by molar-refractivity contribution is 0.102. The van der Waals surface area contributed by atoms with Crippen LogP contribution in [0.4, 0.5) is 17.2 Å². The van der Waals surface area contributed by atoms with E-state index in [1.807, 2.05) is 42.3 Å². The molecule has 8 heteroatoms. The second-order valence-electron chi connectivity index (χ2n) is 6.10. The van der Waals surface area contributed by atoms with Crippen LogP contribution in [-0.4, -0.2) is 41.1 Å². The zero-order valence-electron chi connectivity index (χ0n) is 14.7. The minimum absolute atomic E-state index is 0.0546. The molecule has 1 aliphatic rings. The number of benzene rings is 1. The van der Waals surface area contributed by atoms with E-state index in [1.54, 1.807) is 12.4 Å². The molecular weight excluding hydrogens is 344 g/mol. The molecule has 0 fully saturated rings. The molecule has 0 radical (unpaired) electrons. The van der Waals surface area contributed by atoms with E-state index >= 15 is 0 Å². The number of nitrogens with one attached hydrogen (secondary N) is 1. The van der Waals surface area contributed by atoms with Crippen LogP contribution in [0.5, 0.6) is 5.75 Å². The molecule has 136 valence electrons. The predicted octanol–water partition coefficient (Wildman–Crippen LogP) is 2.20. The number of anilines is 3. The predicted molar refractivity (Wildman–Crippen MR) is 103 cm³/mol. The van der Waals surface area contributed by atoms with Gasteiger partial charge in [-0.3, -0.25) is 9.78 Å². The summed E-state index contributed by atoms with van der Waals surface area (Å²) in [4.78, 5) is 27.5. The Morgan fingerprint density at radius 2 is 2.07 bits per heavy atom. The number of aromatic nitrogens is 3. The van der Waals surface area contributed by atoms with Crippen molar-refractivity contribution in [2.45, 2.75) is 0 Å². The molecule has 3 aromatic rings. The van der Waals surface area contributed by atoms with Crippen molar-refractivity contribution in [1.29, 1.82) is 0 Å². The molecule has 1 aliphatic heterocycles. The summed E-state index contributed by atoms with van der Waals surface area (Å²) in [6, 6.07) is 9.34. The highest BCUT2D eigenvalue weighted by Gasteiger charge is 2.19. The highest BCUT2D eigenvalue weighted by Crippen LogP contribution is 2.30. The minimum Gasteiger partial charge on any atom is -0.491 e. The molecule has 0 aliphatic carbocycles. The highest BCUT2D eigenvalue weighted by molar-refractivity contribution is 6.07. The van der Waals surface area contributed by atoms with Gasteiger partial charge in [0.1, 0.15) is 12.4 Å². The van der Waals surface area contributed by atoms with Gasteiger partial charge in [0, 0.05) is 18.8 Å². The number of carbonyl (C=O) groups excluding carboxylic acids is 1. The van der Waals surface area contributed by atoms with Crippen molar-refractivity contribution in [1.82, 2.24) is 15.0 Å². The summed E-state index contributed by atoms with van der Waals surface area (Å²) in [6.45, 7) is 1.07. The van der Waals surface area contributed by atoms with E-state index in [4.69, 9.17) is 10.5 Å². The molecular formula is C19H18N6O2. The number of rotatable bonds is 0. The lowest BCUT2D eigenvalue weighted by Crippen LogP contribution is -2.25. The molecule has 27 heavy (non-hydrogen) atoms. The molecule has 1 aromatic carbocycles. The Kier molecular flexibility index (Phi) is 4.29. The molecule has 0 atom stereocenters. The quantitative estimate of drug-likeness (QED) is 0.631. The summed E-state index contributed by atoms with van der Waals surface area (Å²) < 4.78 is 5.98. The first-order chi connectivity index (χ1) is 13.1. The smallest absolute Gasteiger partial charge is 0.278 e. The Bertz CT molecular complexity index is 1010. The molecule has 0 saturated heterocycles. The number of hydrogen-bond acceptors (Lipinski definition) is 7. The van der Waals surface area contributed by atoms with Gasteiger partial charge in [0.2, 0.25) is 0 Å². The summed E-state index contributed by atoms with van der Waals surface area (Å²) in [5.41, 5.74) is 8.61. The van der Waals surface area contributed by atoms with Crippen LogP contribution in [0.2, 0.25) is 0 Å². The molecule has 0 unspecified atom stereocenters. The molecule has 3 N–H and O–H groups in total. The number of pyridine rings is 1. The lowest BCUT2D eigenvalue weighted by Gasteiger charge is -2.22. The van der Waals surface area contributed by atoms with E-state index in [-0.39, 0.29) is 11.5 Å². The normalized spacial score (nSPS) is 13.8. The summed E-state index contributed by atoms with van der Waals surface area (Å²) >= 11 is 0. The second kappa shape index (κ2) is 6.91. The molecule has 8 nitrogen and oxygen atoms in total. The third-order valence-electron chi connectivity index (χ3n) is 4.32. The number of para-hydroxylation sites is 1. The van der Waals surface area contributed by atoms with E-state index in [9.17, 15) is 4.79 Å². The molecule has 0 spiro atoms. The average Bonchev–Trinajstić information content (AvgIpc) is 2.69. The van der Waals surface area contributed by atoms with E-state index in [1.165, 1.54) is 6.20 Å². The first-order valence-corrected chi connectivity index (χ1v) is 8.44.